The van der Waals surface area contributed by atoms with E-state index < -0.39 is 32.1 Å². The van der Waals surface area contributed by atoms with Crippen molar-refractivity contribution >= 4 is 36.8 Å². The highest BCUT2D eigenvalue weighted by Crippen LogP contribution is 2.20. The van der Waals surface area contributed by atoms with Gasteiger partial charge in [-0.1, -0.05) is 48.0 Å². The van der Waals surface area contributed by atoms with Crippen LogP contribution in [-0.2, 0) is 29.6 Å². The third kappa shape index (κ3) is 7.35. The fraction of sp³-hybridized carbons (Fsp3) is 0.320. The minimum absolute atomic E-state index is 0.0522. The van der Waals surface area contributed by atoms with E-state index in [0.29, 0.717) is 12.8 Å². The number of rotatable bonds is 12. The molecule has 35 heavy (non-hydrogen) atoms. The molecule has 188 valence electrons. The average molecular weight is 519 g/mol. The van der Waals surface area contributed by atoms with Gasteiger partial charge in [0.15, 0.2) is 0 Å². The number of sulfonamides is 2. The summed E-state index contributed by atoms with van der Waals surface area (Å²) in [5, 5.41) is 1.67. The number of carbonyl (C=O) groups excluding carboxylic acids is 1. The molecule has 0 amide bonds. The van der Waals surface area contributed by atoms with E-state index in [9.17, 15) is 21.6 Å². The summed E-state index contributed by atoms with van der Waals surface area (Å²) in [6, 6.07) is 17.6. The van der Waals surface area contributed by atoms with Gasteiger partial charge in [-0.2, -0.15) is 4.72 Å². The molecule has 0 aliphatic carbocycles. The fourth-order valence-corrected chi connectivity index (χ4v) is 5.87. The Morgan fingerprint density at radius 3 is 2.20 bits per heavy atom. The Bertz CT molecular complexity index is 1370. The normalized spacial score (nSPS) is 13.0. The van der Waals surface area contributed by atoms with Gasteiger partial charge in [-0.3, -0.25) is 4.79 Å². The Hall–Kier alpha value is -2.79. The largest absolute Gasteiger partial charge is 0.465 e. The van der Waals surface area contributed by atoms with Crippen molar-refractivity contribution in [3.05, 3.63) is 72.3 Å². The molecule has 2 N–H and O–H groups in total. The topological polar surface area (TPSA) is 119 Å². The molecular weight excluding hydrogens is 488 g/mol. The van der Waals surface area contributed by atoms with Crippen molar-refractivity contribution in [1.29, 1.82) is 0 Å². The molecule has 0 bridgehead atoms. The van der Waals surface area contributed by atoms with Gasteiger partial charge in [0.25, 0.3) is 0 Å². The molecule has 0 heterocycles. The molecule has 8 nitrogen and oxygen atoms in total. The first kappa shape index (κ1) is 26.8. The Balaban J connectivity index is 1.61. The molecule has 3 rings (SSSR count). The number of esters is 1. The van der Waals surface area contributed by atoms with Crippen molar-refractivity contribution in [2.75, 3.05) is 13.2 Å². The molecule has 0 saturated heterocycles. The Labute approximate surface area is 206 Å². The van der Waals surface area contributed by atoms with Crippen molar-refractivity contribution < 1.29 is 26.4 Å². The SMILES string of the molecule is CCOC(=O)C(CCCCNS(=O)(=O)c1ccc(C)cc1)NS(=O)(=O)c1ccc2ccccc2c1. The number of hydrogen-bond acceptors (Lipinski definition) is 6. The average Bonchev–Trinajstić information content (AvgIpc) is 2.83. The molecular formula is C25H30N2O6S2. The van der Waals surface area contributed by atoms with E-state index in [1.165, 1.54) is 18.2 Å². The molecule has 10 heteroatoms. The first-order valence-corrected chi connectivity index (χ1v) is 14.3. The van der Waals surface area contributed by atoms with Crippen LogP contribution in [0.25, 0.3) is 10.8 Å². The van der Waals surface area contributed by atoms with Crippen LogP contribution in [0.4, 0.5) is 0 Å². The molecule has 3 aromatic carbocycles. The van der Waals surface area contributed by atoms with Gasteiger partial charge in [0, 0.05) is 6.54 Å². The predicted molar refractivity (Wildman–Crippen MR) is 135 cm³/mol. The molecule has 0 spiro atoms. The van der Waals surface area contributed by atoms with Gasteiger partial charge in [0.1, 0.15) is 6.04 Å². The summed E-state index contributed by atoms with van der Waals surface area (Å²) in [5.74, 6) is -0.669. The van der Waals surface area contributed by atoms with Crippen LogP contribution in [-0.4, -0.2) is 42.0 Å². The maximum atomic E-state index is 13.0. The van der Waals surface area contributed by atoms with E-state index in [0.717, 1.165) is 16.3 Å². The highest BCUT2D eigenvalue weighted by Gasteiger charge is 2.26. The van der Waals surface area contributed by atoms with Crippen LogP contribution < -0.4 is 9.44 Å². The summed E-state index contributed by atoms with van der Waals surface area (Å²) in [5.41, 5.74) is 0.958. The van der Waals surface area contributed by atoms with Crippen LogP contribution in [0, 0.1) is 6.92 Å². The standard InChI is InChI=1S/C25H30N2O6S2/c1-3-33-25(28)24(10-6-7-17-26-34(29,30)22-14-11-19(2)12-15-22)27-35(31,32)23-16-13-20-8-4-5-9-21(20)18-23/h4-5,8-9,11-16,18,24,26-27H,3,6-7,10,17H2,1-2H3. The Morgan fingerprint density at radius 1 is 0.857 bits per heavy atom. The van der Waals surface area contributed by atoms with E-state index in [-0.39, 0.29) is 29.4 Å². The highest BCUT2D eigenvalue weighted by molar-refractivity contribution is 7.89. The predicted octanol–water partition coefficient (Wildman–Crippen LogP) is 3.51. The van der Waals surface area contributed by atoms with Crippen molar-refractivity contribution in [3.63, 3.8) is 0 Å². The number of hydrogen-bond donors (Lipinski definition) is 2. The zero-order valence-electron chi connectivity index (χ0n) is 19.7. The van der Waals surface area contributed by atoms with Crippen LogP contribution in [0.5, 0.6) is 0 Å². The van der Waals surface area contributed by atoms with Gasteiger partial charge in [-0.15, -0.1) is 0 Å². The molecule has 0 fully saturated rings. The minimum Gasteiger partial charge on any atom is -0.465 e. The first-order chi connectivity index (χ1) is 16.6. The molecule has 1 unspecified atom stereocenters. The number of fused-ring (bicyclic) bond motifs is 1. The maximum absolute atomic E-state index is 13.0. The molecule has 0 aliphatic rings. The summed E-state index contributed by atoms with van der Waals surface area (Å²) in [6.45, 7) is 3.79. The summed E-state index contributed by atoms with van der Waals surface area (Å²) >= 11 is 0. The fourth-order valence-electron chi connectivity index (χ4n) is 3.54. The first-order valence-electron chi connectivity index (χ1n) is 11.4. The van der Waals surface area contributed by atoms with Crippen LogP contribution >= 0.6 is 0 Å². The lowest BCUT2D eigenvalue weighted by Crippen LogP contribution is -2.41. The van der Waals surface area contributed by atoms with Gasteiger partial charge in [0.2, 0.25) is 20.0 Å². The molecule has 0 radical (unpaired) electrons. The second-order valence-electron chi connectivity index (χ2n) is 8.14. The van der Waals surface area contributed by atoms with Gasteiger partial charge in [-0.05, 0) is 68.1 Å². The van der Waals surface area contributed by atoms with E-state index >= 15 is 0 Å². The zero-order chi connectivity index (χ0) is 25.5. The number of unbranched alkanes of at least 4 members (excludes halogenated alkanes) is 1. The lowest BCUT2D eigenvalue weighted by molar-refractivity contribution is -0.145. The third-order valence-corrected chi connectivity index (χ3v) is 8.39. The van der Waals surface area contributed by atoms with Gasteiger partial charge in [0.05, 0.1) is 16.4 Å². The smallest absolute Gasteiger partial charge is 0.324 e. The second-order valence-corrected chi connectivity index (χ2v) is 11.6. The van der Waals surface area contributed by atoms with Gasteiger partial charge in [-0.25, -0.2) is 21.6 Å². The van der Waals surface area contributed by atoms with E-state index in [1.807, 2.05) is 31.2 Å². The number of nitrogens with one attached hydrogen (secondary N) is 2. The Morgan fingerprint density at radius 2 is 1.51 bits per heavy atom. The van der Waals surface area contributed by atoms with E-state index in [1.54, 1.807) is 31.2 Å². The summed E-state index contributed by atoms with van der Waals surface area (Å²) in [4.78, 5) is 12.7. The highest BCUT2D eigenvalue weighted by atomic mass is 32.2. The van der Waals surface area contributed by atoms with Crippen molar-refractivity contribution in [2.24, 2.45) is 0 Å². The number of carbonyl (C=O) groups is 1. The third-order valence-electron chi connectivity index (χ3n) is 5.44. The number of ether oxygens (including phenoxy) is 1. The summed E-state index contributed by atoms with van der Waals surface area (Å²) < 4.78 is 60.8. The van der Waals surface area contributed by atoms with Crippen LogP contribution in [0.15, 0.2) is 76.5 Å². The van der Waals surface area contributed by atoms with Crippen LogP contribution in [0.3, 0.4) is 0 Å². The van der Waals surface area contributed by atoms with E-state index in [2.05, 4.69) is 9.44 Å². The van der Waals surface area contributed by atoms with Crippen molar-refractivity contribution in [2.45, 2.75) is 48.9 Å². The quantitative estimate of drug-likeness (QED) is 0.280. The van der Waals surface area contributed by atoms with Crippen LogP contribution in [0.1, 0.15) is 31.7 Å². The number of benzene rings is 3. The summed E-state index contributed by atoms with van der Waals surface area (Å²) in [7, 11) is -7.62. The number of aryl methyl sites for hydroxylation is 1. The monoisotopic (exact) mass is 518 g/mol. The molecule has 3 aromatic rings. The minimum atomic E-state index is -3.98. The molecule has 0 saturated carbocycles. The van der Waals surface area contributed by atoms with Crippen molar-refractivity contribution in [1.82, 2.24) is 9.44 Å². The lowest BCUT2D eigenvalue weighted by Gasteiger charge is -2.18. The Kier molecular flexibility index (Phi) is 9.01. The second kappa shape index (κ2) is 11.8. The van der Waals surface area contributed by atoms with Gasteiger partial charge < -0.3 is 4.74 Å². The molecule has 0 aromatic heterocycles. The molecule has 1 atom stereocenters. The van der Waals surface area contributed by atoms with Crippen molar-refractivity contribution in [3.8, 4) is 0 Å². The molecule has 0 aliphatic heterocycles. The van der Waals surface area contributed by atoms with Crippen LogP contribution in [0.2, 0.25) is 0 Å². The zero-order valence-corrected chi connectivity index (χ0v) is 21.4. The maximum Gasteiger partial charge on any atom is 0.324 e. The van der Waals surface area contributed by atoms with E-state index in [4.69, 9.17) is 4.74 Å². The van der Waals surface area contributed by atoms with Gasteiger partial charge >= 0.3 is 5.97 Å². The summed E-state index contributed by atoms with van der Waals surface area (Å²) in [6.07, 6.45) is 0.983. The lowest BCUT2D eigenvalue weighted by atomic mass is 10.1.